The summed E-state index contributed by atoms with van der Waals surface area (Å²) in [6.45, 7) is 1.39. The van der Waals surface area contributed by atoms with Crippen molar-refractivity contribution >= 4 is 11.8 Å². The first-order chi connectivity index (χ1) is 15.1. The van der Waals surface area contributed by atoms with Gasteiger partial charge in [0.2, 0.25) is 5.91 Å². The SMILES string of the molecule is NC(=O)CCN(CCc1ccccc1)C(=O)c1ccc(OCCc2ccccc2)cc1. The van der Waals surface area contributed by atoms with E-state index in [1.807, 2.05) is 60.7 Å². The van der Waals surface area contributed by atoms with Crippen molar-refractivity contribution in [3.63, 3.8) is 0 Å². The highest BCUT2D eigenvalue weighted by molar-refractivity contribution is 5.94. The van der Waals surface area contributed by atoms with Gasteiger partial charge in [0.05, 0.1) is 6.61 Å². The number of nitrogens with two attached hydrogens (primary N) is 1. The van der Waals surface area contributed by atoms with Crippen LogP contribution in [0.2, 0.25) is 0 Å². The van der Waals surface area contributed by atoms with Gasteiger partial charge in [0.1, 0.15) is 5.75 Å². The van der Waals surface area contributed by atoms with Gasteiger partial charge in [-0.15, -0.1) is 0 Å². The number of benzene rings is 3. The quantitative estimate of drug-likeness (QED) is 0.516. The molecule has 0 unspecified atom stereocenters. The second kappa shape index (κ2) is 11.6. The maximum atomic E-state index is 13.0. The molecule has 2 amide bonds. The Morgan fingerprint density at radius 1 is 0.742 bits per heavy atom. The molecule has 0 heterocycles. The van der Waals surface area contributed by atoms with Crippen LogP contribution in [0.4, 0.5) is 0 Å². The van der Waals surface area contributed by atoms with E-state index in [9.17, 15) is 9.59 Å². The summed E-state index contributed by atoms with van der Waals surface area (Å²) in [5.74, 6) is 0.188. The van der Waals surface area contributed by atoms with Crippen LogP contribution in [0.25, 0.3) is 0 Å². The summed E-state index contributed by atoms with van der Waals surface area (Å²) in [4.78, 5) is 26.0. The van der Waals surface area contributed by atoms with E-state index in [0.29, 0.717) is 31.7 Å². The van der Waals surface area contributed by atoms with E-state index >= 15 is 0 Å². The molecule has 5 nitrogen and oxygen atoms in total. The minimum Gasteiger partial charge on any atom is -0.493 e. The first kappa shape index (κ1) is 22.1. The van der Waals surface area contributed by atoms with E-state index in [0.717, 1.165) is 17.7 Å². The largest absolute Gasteiger partial charge is 0.493 e. The molecule has 160 valence electrons. The molecule has 5 heteroatoms. The minimum atomic E-state index is -0.417. The van der Waals surface area contributed by atoms with Crippen LogP contribution >= 0.6 is 0 Å². The Balaban J connectivity index is 1.57. The average molecular weight is 417 g/mol. The molecule has 0 radical (unpaired) electrons. The van der Waals surface area contributed by atoms with Crippen molar-refractivity contribution in [2.45, 2.75) is 19.3 Å². The lowest BCUT2D eigenvalue weighted by atomic mass is 10.1. The van der Waals surface area contributed by atoms with Crippen LogP contribution in [0, 0.1) is 0 Å². The zero-order valence-corrected chi connectivity index (χ0v) is 17.6. The van der Waals surface area contributed by atoms with Gasteiger partial charge in [-0.1, -0.05) is 60.7 Å². The Labute approximate surface area is 183 Å². The van der Waals surface area contributed by atoms with Gasteiger partial charge < -0.3 is 15.4 Å². The van der Waals surface area contributed by atoms with Crippen LogP contribution < -0.4 is 10.5 Å². The predicted molar refractivity (Wildman–Crippen MR) is 122 cm³/mol. The summed E-state index contributed by atoms with van der Waals surface area (Å²) >= 11 is 0. The fourth-order valence-electron chi connectivity index (χ4n) is 3.28. The maximum absolute atomic E-state index is 13.0. The van der Waals surface area contributed by atoms with Crippen LogP contribution in [-0.4, -0.2) is 36.4 Å². The molecular weight excluding hydrogens is 388 g/mol. The first-order valence-electron chi connectivity index (χ1n) is 10.5. The van der Waals surface area contributed by atoms with E-state index in [1.165, 1.54) is 5.56 Å². The zero-order chi connectivity index (χ0) is 21.9. The molecular formula is C26H28N2O3. The normalized spacial score (nSPS) is 10.5. The number of ether oxygens (including phenoxy) is 1. The Kier molecular flexibility index (Phi) is 8.23. The molecule has 2 N–H and O–H groups in total. The van der Waals surface area contributed by atoms with Gasteiger partial charge in [-0.3, -0.25) is 9.59 Å². The summed E-state index contributed by atoms with van der Waals surface area (Å²) in [7, 11) is 0. The Bertz CT molecular complexity index is 957. The molecule has 31 heavy (non-hydrogen) atoms. The number of hydrogen-bond donors (Lipinski definition) is 1. The highest BCUT2D eigenvalue weighted by atomic mass is 16.5. The van der Waals surface area contributed by atoms with Crippen molar-refractivity contribution in [2.75, 3.05) is 19.7 Å². The van der Waals surface area contributed by atoms with Crippen molar-refractivity contribution in [2.24, 2.45) is 5.73 Å². The van der Waals surface area contributed by atoms with E-state index in [4.69, 9.17) is 10.5 Å². The lowest BCUT2D eigenvalue weighted by molar-refractivity contribution is -0.118. The van der Waals surface area contributed by atoms with Crippen LogP contribution in [0.5, 0.6) is 5.75 Å². The summed E-state index contributed by atoms with van der Waals surface area (Å²) in [5, 5.41) is 0. The summed E-state index contributed by atoms with van der Waals surface area (Å²) in [6, 6.07) is 27.3. The second-order valence-electron chi connectivity index (χ2n) is 7.35. The van der Waals surface area contributed by atoms with E-state index < -0.39 is 5.91 Å². The van der Waals surface area contributed by atoms with E-state index in [-0.39, 0.29) is 12.3 Å². The van der Waals surface area contributed by atoms with Crippen LogP contribution in [0.1, 0.15) is 27.9 Å². The third-order valence-corrected chi connectivity index (χ3v) is 5.03. The molecule has 0 saturated carbocycles. The fourth-order valence-corrected chi connectivity index (χ4v) is 3.28. The molecule has 0 aliphatic rings. The summed E-state index contributed by atoms with van der Waals surface area (Å²) in [6.07, 6.45) is 1.68. The van der Waals surface area contributed by atoms with E-state index in [1.54, 1.807) is 17.0 Å². The highest BCUT2D eigenvalue weighted by Gasteiger charge is 2.16. The van der Waals surface area contributed by atoms with Crippen molar-refractivity contribution in [3.8, 4) is 5.75 Å². The minimum absolute atomic E-state index is 0.118. The Morgan fingerprint density at radius 3 is 1.90 bits per heavy atom. The van der Waals surface area contributed by atoms with Gasteiger partial charge in [0.25, 0.3) is 5.91 Å². The third kappa shape index (κ3) is 7.30. The first-order valence-corrected chi connectivity index (χ1v) is 10.5. The molecule has 0 fully saturated rings. The van der Waals surface area contributed by atoms with Crippen LogP contribution in [0.3, 0.4) is 0 Å². The standard InChI is InChI=1S/C26H28N2O3/c27-25(29)16-19-28(18-15-21-7-3-1-4-8-21)26(30)23-11-13-24(14-12-23)31-20-17-22-9-5-2-6-10-22/h1-14H,15-20H2,(H2,27,29). The number of nitrogens with zero attached hydrogens (tertiary/aromatic N) is 1. The molecule has 0 aliphatic heterocycles. The lowest BCUT2D eigenvalue weighted by Crippen LogP contribution is -2.35. The van der Waals surface area contributed by atoms with Crippen molar-refractivity contribution in [3.05, 3.63) is 102 Å². The predicted octanol–water partition coefficient (Wildman–Crippen LogP) is 3.87. The van der Waals surface area contributed by atoms with Gasteiger partial charge in [0.15, 0.2) is 0 Å². The van der Waals surface area contributed by atoms with Gasteiger partial charge in [-0.2, -0.15) is 0 Å². The Morgan fingerprint density at radius 2 is 1.32 bits per heavy atom. The van der Waals surface area contributed by atoms with Gasteiger partial charge in [0, 0.05) is 31.5 Å². The lowest BCUT2D eigenvalue weighted by Gasteiger charge is -2.22. The molecule has 0 atom stereocenters. The summed E-state index contributed by atoms with van der Waals surface area (Å²) < 4.78 is 5.80. The molecule has 3 rings (SSSR count). The maximum Gasteiger partial charge on any atom is 0.253 e. The van der Waals surface area contributed by atoms with Crippen LogP contribution in [0.15, 0.2) is 84.9 Å². The molecule has 0 aliphatic carbocycles. The number of amides is 2. The molecule has 0 spiro atoms. The number of primary amides is 1. The third-order valence-electron chi connectivity index (χ3n) is 5.03. The van der Waals surface area contributed by atoms with Crippen LogP contribution in [-0.2, 0) is 17.6 Å². The average Bonchev–Trinajstić information content (AvgIpc) is 2.80. The molecule has 3 aromatic rings. The number of carbonyl (C=O) groups is 2. The van der Waals surface area contributed by atoms with Gasteiger partial charge >= 0.3 is 0 Å². The number of carbonyl (C=O) groups excluding carboxylic acids is 2. The second-order valence-corrected chi connectivity index (χ2v) is 7.35. The fraction of sp³-hybridized carbons (Fsp3) is 0.231. The smallest absolute Gasteiger partial charge is 0.253 e. The monoisotopic (exact) mass is 416 g/mol. The van der Waals surface area contributed by atoms with Crippen molar-refractivity contribution in [1.29, 1.82) is 0 Å². The van der Waals surface area contributed by atoms with E-state index in [2.05, 4.69) is 12.1 Å². The molecule has 0 bridgehead atoms. The Hall–Kier alpha value is -3.60. The molecule has 0 saturated heterocycles. The molecule has 0 aromatic heterocycles. The molecule has 3 aromatic carbocycles. The topological polar surface area (TPSA) is 72.6 Å². The zero-order valence-electron chi connectivity index (χ0n) is 17.6. The number of rotatable bonds is 11. The van der Waals surface area contributed by atoms with Gasteiger partial charge in [-0.25, -0.2) is 0 Å². The van der Waals surface area contributed by atoms with Crippen molar-refractivity contribution in [1.82, 2.24) is 4.90 Å². The van der Waals surface area contributed by atoms with Crippen molar-refractivity contribution < 1.29 is 14.3 Å². The van der Waals surface area contributed by atoms with Gasteiger partial charge in [-0.05, 0) is 41.8 Å². The highest BCUT2D eigenvalue weighted by Crippen LogP contribution is 2.15. The number of hydrogen-bond acceptors (Lipinski definition) is 3. The summed E-state index contributed by atoms with van der Waals surface area (Å²) in [5.41, 5.74) is 8.23.